The molecule has 0 spiro atoms. The third-order valence-electron chi connectivity index (χ3n) is 2.94. The molecule has 24 heavy (non-hydrogen) atoms. The van der Waals surface area contributed by atoms with E-state index in [2.05, 4.69) is 20.8 Å². The third-order valence-corrected chi connectivity index (χ3v) is 4.43. The summed E-state index contributed by atoms with van der Waals surface area (Å²) < 4.78 is 28.0. The van der Waals surface area contributed by atoms with Gasteiger partial charge in [-0.15, -0.1) is 0 Å². The molecule has 5 nitrogen and oxygen atoms in total. The second-order valence-corrected chi connectivity index (χ2v) is 7.98. The first-order valence-electron chi connectivity index (χ1n) is 9.34. The molecule has 0 saturated carbocycles. The average Bonchev–Trinajstić information content (AvgIpc) is 2.47. The molecule has 146 valence electrons. The predicted octanol–water partition coefficient (Wildman–Crippen LogP) is 6.17. The summed E-state index contributed by atoms with van der Waals surface area (Å²) >= 11 is 0. The van der Waals surface area contributed by atoms with Crippen molar-refractivity contribution in [3.63, 3.8) is 0 Å². The maximum atomic E-state index is 12.2. The van der Waals surface area contributed by atoms with Gasteiger partial charge in [-0.2, -0.15) is 0 Å². The Hall–Kier alpha value is -0.220. The zero-order valence-electron chi connectivity index (χ0n) is 16.6. The number of phosphoric acid groups is 1. The lowest BCUT2D eigenvalue weighted by atomic mass is 10.1. The SMILES string of the molecule is CC(=O)CC(C)C.CCCCOP(=O)(OCCCC)OCCCC. The molecule has 0 rings (SSSR count). The largest absolute Gasteiger partial charge is 0.474 e. The average molecular weight is 366 g/mol. The molecule has 0 unspecified atom stereocenters. The van der Waals surface area contributed by atoms with Crippen molar-refractivity contribution in [2.24, 2.45) is 5.92 Å². The molecule has 0 aliphatic rings. The van der Waals surface area contributed by atoms with Crippen molar-refractivity contribution in [1.82, 2.24) is 0 Å². The van der Waals surface area contributed by atoms with Crippen LogP contribution in [0.2, 0.25) is 0 Å². The first-order chi connectivity index (χ1) is 11.3. The number of hydrogen-bond donors (Lipinski definition) is 0. The van der Waals surface area contributed by atoms with Gasteiger partial charge in [0.2, 0.25) is 0 Å². The van der Waals surface area contributed by atoms with Crippen molar-refractivity contribution in [3.8, 4) is 0 Å². The lowest BCUT2D eigenvalue weighted by molar-refractivity contribution is -0.117. The summed E-state index contributed by atoms with van der Waals surface area (Å²) in [5.41, 5.74) is 0. The van der Waals surface area contributed by atoms with Gasteiger partial charge in [-0.05, 0) is 32.1 Å². The fourth-order valence-electron chi connectivity index (χ4n) is 1.65. The van der Waals surface area contributed by atoms with Crippen molar-refractivity contribution in [3.05, 3.63) is 0 Å². The summed E-state index contributed by atoms with van der Waals surface area (Å²) in [7, 11) is -3.31. The van der Waals surface area contributed by atoms with Gasteiger partial charge in [0, 0.05) is 6.42 Å². The molecule has 0 heterocycles. The molecule has 0 aliphatic carbocycles. The number of carbonyl (C=O) groups excluding carboxylic acids is 1. The van der Waals surface area contributed by atoms with E-state index in [1.165, 1.54) is 0 Å². The lowest BCUT2D eigenvalue weighted by Gasteiger charge is -2.17. The fourth-order valence-corrected chi connectivity index (χ4v) is 2.93. The van der Waals surface area contributed by atoms with Gasteiger partial charge in [0.05, 0.1) is 19.8 Å². The Balaban J connectivity index is 0. The van der Waals surface area contributed by atoms with E-state index in [9.17, 15) is 9.36 Å². The molecule has 0 aromatic rings. The normalized spacial score (nSPS) is 11.3. The summed E-state index contributed by atoms with van der Waals surface area (Å²) in [6.07, 6.45) is 6.35. The molecule has 0 aliphatic heterocycles. The third kappa shape index (κ3) is 19.8. The van der Waals surface area contributed by atoms with Gasteiger partial charge in [0.1, 0.15) is 5.78 Å². The van der Waals surface area contributed by atoms with E-state index in [1.807, 2.05) is 13.8 Å². The molecule has 0 N–H and O–H groups in total. The van der Waals surface area contributed by atoms with E-state index >= 15 is 0 Å². The van der Waals surface area contributed by atoms with Crippen LogP contribution in [0, 0.1) is 5.92 Å². The Morgan fingerprint density at radius 1 is 0.833 bits per heavy atom. The van der Waals surface area contributed by atoms with Crippen LogP contribution in [0.15, 0.2) is 0 Å². The van der Waals surface area contributed by atoms with Gasteiger partial charge in [-0.3, -0.25) is 13.6 Å². The van der Waals surface area contributed by atoms with E-state index < -0.39 is 7.82 Å². The summed E-state index contributed by atoms with van der Waals surface area (Å²) in [5, 5.41) is 0. The minimum Gasteiger partial charge on any atom is -0.300 e. The summed E-state index contributed by atoms with van der Waals surface area (Å²) in [6.45, 7) is 13.2. The molecule has 6 heteroatoms. The minimum absolute atomic E-state index is 0.287. The van der Waals surface area contributed by atoms with Crippen LogP contribution in [0.1, 0.15) is 86.5 Å². The first kappa shape index (κ1) is 26.0. The number of ketones is 1. The Morgan fingerprint density at radius 2 is 1.17 bits per heavy atom. The van der Waals surface area contributed by atoms with Crippen LogP contribution in [0.25, 0.3) is 0 Å². The molecule has 0 fully saturated rings. The molecule has 0 saturated heterocycles. The van der Waals surface area contributed by atoms with Crippen molar-refractivity contribution in [2.75, 3.05) is 19.8 Å². The zero-order chi connectivity index (χ0) is 18.8. The number of rotatable bonds is 14. The van der Waals surface area contributed by atoms with Gasteiger partial charge < -0.3 is 4.79 Å². The molecule has 0 atom stereocenters. The van der Waals surface area contributed by atoms with E-state index in [4.69, 9.17) is 13.6 Å². The summed E-state index contributed by atoms with van der Waals surface area (Å²) in [6, 6.07) is 0. The van der Waals surface area contributed by atoms with Crippen molar-refractivity contribution in [2.45, 2.75) is 86.5 Å². The minimum atomic E-state index is -3.31. The Morgan fingerprint density at radius 3 is 1.33 bits per heavy atom. The van der Waals surface area contributed by atoms with Gasteiger partial charge in [-0.1, -0.05) is 53.9 Å². The predicted molar refractivity (Wildman–Crippen MR) is 100 cm³/mol. The van der Waals surface area contributed by atoms with Crippen LogP contribution in [0.5, 0.6) is 0 Å². The zero-order valence-corrected chi connectivity index (χ0v) is 17.5. The van der Waals surface area contributed by atoms with Crippen LogP contribution >= 0.6 is 7.82 Å². The molecule has 0 amide bonds. The van der Waals surface area contributed by atoms with E-state index in [0.717, 1.165) is 44.9 Å². The monoisotopic (exact) mass is 366 g/mol. The maximum absolute atomic E-state index is 12.2. The van der Waals surface area contributed by atoms with Crippen LogP contribution in [-0.2, 0) is 22.9 Å². The van der Waals surface area contributed by atoms with Gasteiger partial charge in [0.15, 0.2) is 0 Å². The number of Topliss-reactive ketones (excluding diaryl/α,β-unsaturated/α-hetero) is 1. The lowest BCUT2D eigenvalue weighted by Crippen LogP contribution is -2.03. The molecule has 0 aromatic carbocycles. The van der Waals surface area contributed by atoms with Crippen LogP contribution < -0.4 is 0 Å². The molecular formula is C18H39O5P. The van der Waals surface area contributed by atoms with Gasteiger partial charge in [0.25, 0.3) is 0 Å². The summed E-state index contributed by atoms with van der Waals surface area (Å²) in [5.74, 6) is 0.813. The fraction of sp³-hybridized carbons (Fsp3) is 0.944. The van der Waals surface area contributed by atoms with Crippen LogP contribution in [0.4, 0.5) is 0 Å². The molecular weight excluding hydrogens is 327 g/mol. The van der Waals surface area contributed by atoms with Crippen molar-refractivity contribution < 1.29 is 22.9 Å². The van der Waals surface area contributed by atoms with Gasteiger partial charge in [-0.25, -0.2) is 4.57 Å². The van der Waals surface area contributed by atoms with E-state index in [1.54, 1.807) is 6.92 Å². The molecule has 0 aromatic heterocycles. The summed E-state index contributed by atoms with van der Waals surface area (Å²) in [4.78, 5) is 10.3. The number of unbranched alkanes of at least 4 members (excludes halogenated alkanes) is 3. The Labute approximate surface area is 149 Å². The number of carbonyl (C=O) groups is 1. The first-order valence-corrected chi connectivity index (χ1v) is 10.8. The van der Waals surface area contributed by atoms with Crippen LogP contribution in [0.3, 0.4) is 0 Å². The van der Waals surface area contributed by atoms with Gasteiger partial charge >= 0.3 is 7.82 Å². The molecule has 0 radical (unpaired) electrons. The smallest absolute Gasteiger partial charge is 0.300 e. The quantitative estimate of drug-likeness (QED) is 0.272. The number of hydrogen-bond acceptors (Lipinski definition) is 5. The van der Waals surface area contributed by atoms with E-state index in [0.29, 0.717) is 25.7 Å². The Kier molecular flexibility index (Phi) is 19.1. The van der Waals surface area contributed by atoms with Crippen LogP contribution in [-0.4, -0.2) is 25.6 Å². The molecule has 0 bridgehead atoms. The van der Waals surface area contributed by atoms with E-state index in [-0.39, 0.29) is 5.78 Å². The standard InChI is InChI=1S/C12H27O4P.C6H12O/c1-4-7-10-14-17(13,15-11-8-5-2)16-12-9-6-3;1-5(2)4-6(3)7/h4-12H2,1-3H3;5H,4H2,1-3H3. The topological polar surface area (TPSA) is 61.8 Å². The highest BCUT2D eigenvalue weighted by molar-refractivity contribution is 7.48. The Bertz CT molecular complexity index is 298. The highest BCUT2D eigenvalue weighted by Crippen LogP contribution is 2.49. The highest BCUT2D eigenvalue weighted by Gasteiger charge is 2.25. The maximum Gasteiger partial charge on any atom is 0.474 e. The second kappa shape index (κ2) is 17.6. The second-order valence-electron chi connectivity index (χ2n) is 6.31. The van der Waals surface area contributed by atoms with Crippen molar-refractivity contribution in [1.29, 1.82) is 0 Å². The van der Waals surface area contributed by atoms with Crippen molar-refractivity contribution >= 4 is 13.6 Å². The highest BCUT2D eigenvalue weighted by atomic mass is 31.2. The number of phosphoric ester groups is 1.